The minimum atomic E-state index is 0.786. The summed E-state index contributed by atoms with van der Waals surface area (Å²) in [4.78, 5) is 12.4. The molecule has 118 valence electrons. The molecule has 0 aliphatic carbocycles. The highest BCUT2D eigenvalue weighted by Crippen LogP contribution is 2.30. The Labute approximate surface area is 141 Å². The zero-order valence-corrected chi connectivity index (χ0v) is 14.2. The van der Waals surface area contributed by atoms with Gasteiger partial charge in [-0.25, -0.2) is 9.97 Å². The van der Waals surface area contributed by atoms with Crippen LogP contribution >= 0.6 is 11.3 Å². The van der Waals surface area contributed by atoms with E-state index < -0.39 is 0 Å². The van der Waals surface area contributed by atoms with Crippen molar-refractivity contribution in [3.05, 3.63) is 53.2 Å². The molecule has 4 rings (SSSR count). The number of anilines is 1. The van der Waals surface area contributed by atoms with Gasteiger partial charge >= 0.3 is 0 Å². The lowest BCUT2D eigenvalue weighted by atomic mass is 9.90. The van der Waals surface area contributed by atoms with Gasteiger partial charge in [-0.2, -0.15) is 0 Å². The summed E-state index contributed by atoms with van der Waals surface area (Å²) in [5.74, 6) is 1.90. The van der Waals surface area contributed by atoms with Crippen molar-refractivity contribution in [3.8, 4) is 0 Å². The lowest BCUT2D eigenvalue weighted by Crippen LogP contribution is -2.35. The standard InChI is InChI=1S/C19H21N3S/c1-14-2-4-15(5-3-14)12-16-6-9-22(10-7-16)18-17-8-11-23-19(17)21-13-20-18/h2-5,8,11,13,16H,6-7,9-10,12H2,1H3. The first-order chi connectivity index (χ1) is 11.3. The summed E-state index contributed by atoms with van der Waals surface area (Å²) in [6, 6.07) is 11.1. The highest BCUT2D eigenvalue weighted by Gasteiger charge is 2.22. The Bertz CT molecular complexity index is 786. The van der Waals surface area contributed by atoms with Gasteiger partial charge in [0.15, 0.2) is 0 Å². The van der Waals surface area contributed by atoms with Crippen LogP contribution in [0.2, 0.25) is 0 Å². The van der Waals surface area contributed by atoms with Gasteiger partial charge in [-0.15, -0.1) is 11.3 Å². The zero-order valence-electron chi connectivity index (χ0n) is 13.4. The molecule has 0 atom stereocenters. The molecular formula is C19H21N3S. The zero-order chi connectivity index (χ0) is 15.6. The van der Waals surface area contributed by atoms with E-state index in [2.05, 4.69) is 57.5 Å². The fraction of sp³-hybridized carbons (Fsp3) is 0.368. The minimum absolute atomic E-state index is 0.786. The first-order valence-electron chi connectivity index (χ1n) is 8.28. The third kappa shape index (κ3) is 3.08. The van der Waals surface area contributed by atoms with E-state index in [0.717, 1.165) is 29.7 Å². The van der Waals surface area contributed by atoms with Crippen molar-refractivity contribution >= 4 is 27.4 Å². The molecule has 23 heavy (non-hydrogen) atoms. The third-order valence-corrected chi connectivity index (χ3v) is 5.62. The molecule has 2 aromatic heterocycles. The van der Waals surface area contributed by atoms with Crippen LogP contribution in [0.15, 0.2) is 42.0 Å². The predicted octanol–water partition coefficient (Wildman–Crippen LogP) is 4.46. The van der Waals surface area contributed by atoms with Crippen LogP contribution in [-0.2, 0) is 6.42 Å². The van der Waals surface area contributed by atoms with Crippen molar-refractivity contribution < 1.29 is 0 Å². The van der Waals surface area contributed by atoms with Crippen LogP contribution in [0.3, 0.4) is 0 Å². The second-order valence-electron chi connectivity index (χ2n) is 6.46. The molecule has 1 aliphatic heterocycles. The van der Waals surface area contributed by atoms with Crippen LogP contribution in [0, 0.1) is 12.8 Å². The number of aryl methyl sites for hydroxylation is 1. The average molecular weight is 323 g/mol. The van der Waals surface area contributed by atoms with Crippen LogP contribution in [0.4, 0.5) is 5.82 Å². The summed E-state index contributed by atoms with van der Waals surface area (Å²) in [6.45, 7) is 4.34. The summed E-state index contributed by atoms with van der Waals surface area (Å²) >= 11 is 1.69. The number of thiophene rings is 1. The molecule has 3 nitrogen and oxygen atoms in total. The number of hydrogen-bond donors (Lipinski definition) is 0. The molecule has 3 aromatic rings. The summed E-state index contributed by atoms with van der Waals surface area (Å²) in [5, 5.41) is 3.31. The lowest BCUT2D eigenvalue weighted by molar-refractivity contribution is 0.402. The van der Waals surface area contributed by atoms with Gasteiger partial charge in [0, 0.05) is 13.1 Å². The Morgan fingerprint density at radius 2 is 1.87 bits per heavy atom. The maximum absolute atomic E-state index is 4.54. The number of aromatic nitrogens is 2. The van der Waals surface area contributed by atoms with Crippen molar-refractivity contribution in [2.45, 2.75) is 26.2 Å². The highest BCUT2D eigenvalue weighted by molar-refractivity contribution is 7.16. The highest BCUT2D eigenvalue weighted by atomic mass is 32.1. The lowest BCUT2D eigenvalue weighted by Gasteiger charge is -2.33. The summed E-state index contributed by atoms with van der Waals surface area (Å²) in [5.41, 5.74) is 2.81. The first-order valence-corrected chi connectivity index (χ1v) is 9.16. The van der Waals surface area contributed by atoms with Gasteiger partial charge < -0.3 is 4.90 Å². The van der Waals surface area contributed by atoms with E-state index in [1.165, 1.54) is 35.8 Å². The molecule has 1 aliphatic rings. The molecule has 0 unspecified atom stereocenters. The second-order valence-corrected chi connectivity index (χ2v) is 7.35. The smallest absolute Gasteiger partial charge is 0.140 e. The fourth-order valence-corrected chi connectivity index (χ4v) is 4.16. The number of piperidine rings is 1. The van der Waals surface area contributed by atoms with E-state index in [0.29, 0.717) is 0 Å². The van der Waals surface area contributed by atoms with Gasteiger partial charge in [0.05, 0.1) is 5.39 Å². The number of fused-ring (bicyclic) bond motifs is 1. The molecular weight excluding hydrogens is 302 g/mol. The van der Waals surface area contributed by atoms with E-state index in [1.54, 1.807) is 17.7 Å². The van der Waals surface area contributed by atoms with Crippen molar-refractivity contribution in [3.63, 3.8) is 0 Å². The number of rotatable bonds is 3. The number of hydrogen-bond acceptors (Lipinski definition) is 4. The molecule has 0 radical (unpaired) electrons. The van der Waals surface area contributed by atoms with E-state index in [4.69, 9.17) is 0 Å². The van der Waals surface area contributed by atoms with Crippen molar-refractivity contribution in [2.24, 2.45) is 5.92 Å². The average Bonchev–Trinajstić information content (AvgIpc) is 3.06. The van der Waals surface area contributed by atoms with Gasteiger partial charge in [-0.05, 0) is 49.1 Å². The Hall–Kier alpha value is -1.94. The molecule has 4 heteroatoms. The third-order valence-electron chi connectivity index (χ3n) is 4.80. The van der Waals surface area contributed by atoms with Crippen molar-refractivity contribution in [1.29, 1.82) is 0 Å². The van der Waals surface area contributed by atoms with Crippen LogP contribution < -0.4 is 4.90 Å². The molecule has 0 amide bonds. The summed E-state index contributed by atoms with van der Waals surface area (Å²) < 4.78 is 0. The van der Waals surface area contributed by atoms with Gasteiger partial charge in [-0.1, -0.05) is 29.8 Å². The normalized spacial score (nSPS) is 16.1. The molecule has 1 fully saturated rings. The molecule has 1 saturated heterocycles. The minimum Gasteiger partial charge on any atom is -0.356 e. The molecule has 0 N–H and O–H groups in total. The van der Waals surface area contributed by atoms with Crippen LogP contribution in [-0.4, -0.2) is 23.1 Å². The summed E-state index contributed by atoms with van der Waals surface area (Å²) in [6.07, 6.45) is 5.38. The molecule has 1 aromatic carbocycles. The van der Waals surface area contributed by atoms with E-state index in [9.17, 15) is 0 Å². The number of benzene rings is 1. The Balaban J connectivity index is 1.43. The summed E-state index contributed by atoms with van der Waals surface area (Å²) in [7, 11) is 0. The van der Waals surface area contributed by atoms with Gasteiger partial charge in [-0.3, -0.25) is 0 Å². The number of nitrogens with zero attached hydrogens (tertiary/aromatic N) is 3. The van der Waals surface area contributed by atoms with E-state index in [1.807, 2.05) is 0 Å². The monoisotopic (exact) mass is 323 g/mol. The van der Waals surface area contributed by atoms with Gasteiger partial charge in [0.25, 0.3) is 0 Å². The van der Waals surface area contributed by atoms with Crippen molar-refractivity contribution in [1.82, 2.24) is 9.97 Å². The predicted molar refractivity (Wildman–Crippen MR) is 97.2 cm³/mol. The van der Waals surface area contributed by atoms with Crippen LogP contribution in [0.25, 0.3) is 10.2 Å². The van der Waals surface area contributed by atoms with E-state index >= 15 is 0 Å². The van der Waals surface area contributed by atoms with Gasteiger partial charge in [0.2, 0.25) is 0 Å². The van der Waals surface area contributed by atoms with E-state index in [-0.39, 0.29) is 0 Å². The molecule has 3 heterocycles. The SMILES string of the molecule is Cc1ccc(CC2CCN(c3ncnc4sccc34)CC2)cc1. The Kier molecular flexibility index (Phi) is 4.00. The van der Waals surface area contributed by atoms with Crippen molar-refractivity contribution in [2.75, 3.05) is 18.0 Å². The fourth-order valence-electron chi connectivity index (χ4n) is 3.44. The molecule has 0 saturated carbocycles. The first kappa shape index (κ1) is 14.6. The largest absolute Gasteiger partial charge is 0.356 e. The van der Waals surface area contributed by atoms with Crippen LogP contribution in [0.5, 0.6) is 0 Å². The second kappa shape index (κ2) is 6.28. The maximum atomic E-state index is 4.54. The van der Waals surface area contributed by atoms with Crippen LogP contribution in [0.1, 0.15) is 24.0 Å². The quantitative estimate of drug-likeness (QED) is 0.712. The molecule has 0 spiro atoms. The van der Waals surface area contributed by atoms with Gasteiger partial charge in [0.1, 0.15) is 17.0 Å². The topological polar surface area (TPSA) is 29.0 Å². The maximum Gasteiger partial charge on any atom is 0.140 e. The molecule has 0 bridgehead atoms. The Morgan fingerprint density at radius 1 is 1.09 bits per heavy atom. The Morgan fingerprint density at radius 3 is 2.65 bits per heavy atom.